The minimum atomic E-state index is -1.21. The third-order valence-corrected chi connectivity index (χ3v) is 3.70. The lowest BCUT2D eigenvalue weighted by molar-refractivity contribution is -0.148. The first kappa shape index (κ1) is 16.3. The fraction of sp³-hybridized carbons (Fsp3) is 0.600. The van der Waals surface area contributed by atoms with Crippen molar-refractivity contribution in [3.8, 4) is 5.75 Å². The highest BCUT2D eigenvalue weighted by atomic mass is 16.5. The summed E-state index contributed by atoms with van der Waals surface area (Å²) in [7, 11) is 0. The van der Waals surface area contributed by atoms with Crippen LogP contribution in [-0.4, -0.2) is 22.2 Å². The summed E-state index contributed by atoms with van der Waals surface area (Å²) >= 11 is 0. The molecule has 0 aliphatic heterocycles. The lowest BCUT2D eigenvalue weighted by Crippen LogP contribution is -2.46. The molecule has 0 saturated heterocycles. The molecule has 0 amide bonds. The van der Waals surface area contributed by atoms with Crippen molar-refractivity contribution in [1.29, 1.82) is 0 Å². The Bertz CT molecular complexity index is 503. The van der Waals surface area contributed by atoms with Crippen molar-refractivity contribution >= 4 is 5.97 Å². The van der Waals surface area contributed by atoms with E-state index in [1.807, 2.05) is 6.92 Å². The predicted molar refractivity (Wildman–Crippen MR) is 77.3 cm³/mol. The fourth-order valence-corrected chi connectivity index (χ4v) is 2.24. The van der Waals surface area contributed by atoms with Gasteiger partial charge in [0.25, 0.3) is 5.56 Å². The maximum Gasteiger partial charge on any atom is 0.329 e. The minimum absolute atomic E-state index is 0.216. The molecule has 0 aliphatic carbocycles. The molecule has 1 aromatic heterocycles. The first-order valence-corrected chi connectivity index (χ1v) is 7.11. The van der Waals surface area contributed by atoms with E-state index in [4.69, 9.17) is 4.74 Å². The normalized spacial score (nSPS) is 11.3. The molecular weight excluding hydrogens is 258 g/mol. The van der Waals surface area contributed by atoms with Crippen molar-refractivity contribution in [3.05, 3.63) is 28.7 Å². The number of rotatable bonds is 8. The van der Waals surface area contributed by atoms with E-state index >= 15 is 0 Å². The Labute approximate surface area is 119 Å². The first-order valence-electron chi connectivity index (χ1n) is 7.11. The van der Waals surface area contributed by atoms with E-state index in [1.54, 1.807) is 26.0 Å². The molecule has 5 heteroatoms. The van der Waals surface area contributed by atoms with Gasteiger partial charge in [0.05, 0.1) is 6.61 Å². The molecule has 0 fully saturated rings. The fourth-order valence-electron chi connectivity index (χ4n) is 2.24. The van der Waals surface area contributed by atoms with Gasteiger partial charge in [-0.1, -0.05) is 27.2 Å². The predicted octanol–water partition coefficient (Wildman–Crippen LogP) is 2.63. The van der Waals surface area contributed by atoms with Crippen molar-refractivity contribution < 1.29 is 14.6 Å². The molecule has 1 aromatic rings. The van der Waals surface area contributed by atoms with E-state index in [-0.39, 0.29) is 11.3 Å². The van der Waals surface area contributed by atoms with Crippen LogP contribution in [-0.2, 0) is 10.3 Å². The molecule has 0 aromatic carbocycles. The van der Waals surface area contributed by atoms with E-state index in [0.29, 0.717) is 19.4 Å². The minimum Gasteiger partial charge on any atom is -0.488 e. The van der Waals surface area contributed by atoms with Gasteiger partial charge in [0.1, 0.15) is 5.54 Å². The van der Waals surface area contributed by atoms with E-state index < -0.39 is 11.5 Å². The largest absolute Gasteiger partial charge is 0.488 e. The van der Waals surface area contributed by atoms with Crippen LogP contribution in [0.5, 0.6) is 5.75 Å². The van der Waals surface area contributed by atoms with Gasteiger partial charge in [-0.15, -0.1) is 0 Å². The summed E-state index contributed by atoms with van der Waals surface area (Å²) in [6.07, 6.45) is 4.05. The third kappa shape index (κ3) is 3.03. The second kappa shape index (κ2) is 7.12. The third-order valence-electron chi connectivity index (χ3n) is 3.70. The topological polar surface area (TPSA) is 68.5 Å². The number of carboxylic acid groups (broad SMARTS) is 1. The molecule has 20 heavy (non-hydrogen) atoms. The van der Waals surface area contributed by atoms with Crippen LogP contribution in [0.1, 0.15) is 46.5 Å². The van der Waals surface area contributed by atoms with E-state index in [1.165, 1.54) is 10.8 Å². The zero-order chi connectivity index (χ0) is 15.2. The summed E-state index contributed by atoms with van der Waals surface area (Å²) in [5.74, 6) is -0.774. The van der Waals surface area contributed by atoms with Crippen LogP contribution in [0.15, 0.2) is 23.1 Å². The summed E-state index contributed by atoms with van der Waals surface area (Å²) in [5.41, 5.74) is -1.59. The highest BCUT2D eigenvalue weighted by Crippen LogP contribution is 2.24. The molecule has 1 N–H and O–H groups in total. The zero-order valence-electron chi connectivity index (χ0n) is 12.4. The molecule has 0 bridgehead atoms. The van der Waals surface area contributed by atoms with Gasteiger partial charge < -0.3 is 9.84 Å². The van der Waals surface area contributed by atoms with Crippen LogP contribution in [0, 0.1) is 0 Å². The Balaban J connectivity index is 3.21. The molecule has 0 unspecified atom stereocenters. The van der Waals surface area contributed by atoms with Gasteiger partial charge in [-0.3, -0.25) is 9.36 Å². The summed E-state index contributed by atoms with van der Waals surface area (Å²) in [5, 5.41) is 9.51. The van der Waals surface area contributed by atoms with E-state index in [9.17, 15) is 14.7 Å². The average Bonchev–Trinajstić information content (AvgIpc) is 2.44. The number of nitrogens with zero attached hydrogens (tertiary/aromatic N) is 1. The van der Waals surface area contributed by atoms with Crippen LogP contribution in [0.25, 0.3) is 0 Å². The number of carbonyl (C=O) groups is 1. The maximum atomic E-state index is 12.4. The lowest BCUT2D eigenvalue weighted by atomic mass is 9.92. The van der Waals surface area contributed by atoms with Crippen molar-refractivity contribution in [1.82, 2.24) is 4.57 Å². The molecular formula is C15H23NO4. The van der Waals surface area contributed by atoms with Crippen LogP contribution >= 0.6 is 0 Å². The average molecular weight is 281 g/mol. The number of hydrogen-bond acceptors (Lipinski definition) is 3. The molecule has 0 atom stereocenters. The monoisotopic (exact) mass is 281 g/mol. The number of unbranched alkanes of at least 4 members (excludes halogenated alkanes) is 1. The first-order chi connectivity index (χ1) is 9.53. The van der Waals surface area contributed by atoms with Gasteiger partial charge in [0.2, 0.25) is 0 Å². The van der Waals surface area contributed by atoms with Crippen LogP contribution < -0.4 is 10.3 Å². The van der Waals surface area contributed by atoms with Gasteiger partial charge in [0.15, 0.2) is 5.75 Å². The molecule has 0 aliphatic rings. The lowest BCUT2D eigenvalue weighted by Gasteiger charge is -2.29. The van der Waals surface area contributed by atoms with Gasteiger partial charge in [-0.25, -0.2) is 4.79 Å². The van der Waals surface area contributed by atoms with Gasteiger partial charge in [0, 0.05) is 6.20 Å². The van der Waals surface area contributed by atoms with E-state index in [2.05, 4.69) is 0 Å². The Morgan fingerprint density at radius 3 is 2.50 bits per heavy atom. The Kier molecular flexibility index (Phi) is 5.80. The Hall–Kier alpha value is -1.78. The van der Waals surface area contributed by atoms with Crippen molar-refractivity contribution in [2.45, 2.75) is 52.0 Å². The molecule has 5 nitrogen and oxygen atoms in total. The van der Waals surface area contributed by atoms with Crippen molar-refractivity contribution in [2.75, 3.05) is 6.61 Å². The maximum absolute atomic E-state index is 12.4. The summed E-state index contributed by atoms with van der Waals surface area (Å²) in [6, 6.07) is 3.25. The van der Waals surface area contributed by atoms with Crippen molar-refractivity contribution in [2.24, 2.45) is 0 Å². The number of carboxylic acids is 1. The van der Waals surface area contributed by atoms with Gasteiger partial charge in [-0.05, 0) is 31.4 Å². The van der Waals surface area contributed by atoms with E-state index in [0.717, 1.165) is 12.8 Å². The number of ether oxygens (including phenoxy) is 1. The Morgan fingerprint density at radius 1 is 1.35 bits per heavy atom. The molecule has 112 valence electrons. The smallest absolute Gasteiger partial charge is 0.329 e. The SMILES string of the molecule is CCCCOc1cccn(C(CC)(CC)C(=O)O)c1=O. The number of hydrogen-bond donors (Lipinski definition) is 1. The summed E-state index contributed by atoms with van der Waals surface area (Å²) in [6.45, 7) is 6.05. The molecule has 1 rings (SSSR count). The number of pyridine rings is 1. The van der Waals surface area contributed by atoms with Crippen LogP contribution in [0.3, 0.4) is 0 Å². The standard InChI is InChI=1S/C15H23NO4/c1-4-7-11-20-12-9-8-10-16(13(12)17)15(5-2,6-3)14(18)19/h8-10H,4-7,11H2,1-3H3,(H,18,19). The van der Waals surface area contributed by atoms with Crippen LogP contribution in [0.4, 0.5) is 0 Å². The quantitative estimate of drug-likeness (QED) is 0.744. The summed E-state index contributed by atoms with van der Waals surface area (Å²) in [4.78, 5) is 24.0. The highest BCUT2D eigenvalue weighted by molar-refractivity contribution is 5.76. The number of aromatic nitrogens is 1. The highest BCUT2D eigenvalue weighted by Gasteiger charge is 2.38. The Morgan fingerprint density at radius 2 is 2.00 bits per heavy atom. The second-order valence-corrected chi connectivity index (χ2v) is 4.79. The summed E-state index contributed by atoms with van der Waals surface area (Å²) < 4.78 is 6.74. The second-order valence-electron chi connectivity index (χ2n) is 4.79. The van der Waals surface area contributed by atoms with Crippen LogP contribution in [0.2, 0.25) is 0 Å². The molecule has 0 spiro atoms. The molecule has 0 radical (unpaired) electrons. The van der Waals surface area contributed by atoms with Crippen molar-refractivity contribution in [3.63, 3.8) is 0 Å². The van der Waals surface area contributed by atoms with Gasteiger partial charge in [-0.2, -0.15) is 0 Å². The zero-order valence-corrected chi connectivity index (χ0v) is 12.4. The number of aliphatic carboxylic acids is 1. The molecule has 1 heterocycles. The van der Waals surface area contributed by atoms with Gasteiger partial charge >= 0.3 is 5.97 Å². The molecule has 0 saturated carbocycles.